The first-order valence-electron chi connectivity index (χ1n) is 12.8. The quantitative estimate of drug-likeness (QED) is 0.318. The Morgan fingerprint density at radius 2 is 1.54 bits per heavy atom. The summed E-state index contributed by atoms with van der Waals surface area (Å²) in [5, 5.41) is 10.3. The molecule has 1 heterocycles. The number of amides is 1. The van der Waals surface area contributed by atoms with Crippen LogP contribution in [0, 0.1) is 0 Å². The molecule has 0 spiro atoms. The van der Waals surface area contributed by atoms with Crippen LogP contribution in [0.15, 0.2) is 79.0 Å². The lowest BCUT2D eigenvalue weighted by atomic mass is 9.98. The monoisotopic (exact) mass is 526 g/mol. The van der Waals surface area contributed by atoms with E-state index >= 15 is 0 Å². The molecule has 0 radical (unpaired) electrons. The minimum atomic E-state index is -1.17. The van der Waals surface area contributed by atoms with Crippen molar-refractivity contribution in [2.24, 2.45) is 0 Å². The van der Waals surface area contributed by atoms with Crippen molar-refractivity contribution in [1.82, 2.24) is 9.47 Å². The highest BCUT2D eigenvalue weighted by Gasteiger charge is 2.30. The maximum Gasteiger partial charge on any atom is 0.419 e. The first-order valence-corrected chi connectivity index (χ1v) is 12.8. The van der Waals surface area contributed by atoms with E-state index in [1.165, 1.54) is 4.57 Å². The number of benzene rings is 3. The van der Waals surface area contributed by atoms with Gasteiger partial charge in [0.25, 0.3) is 0 Å². The lowest BCUT2D eigenvalue weighted by molar-refractivity contribution is -0.138. The molecule has 200 valence electrons. The van der Waals surface area contributed by atoms with E-state index < -0.39 is 30.3 Å². The average Bonchev–Trinajstić information content (AvgIpc) is 3.46. The molecular formula is C31H30N2O6. The molecule has 0 unspecified atom stereocenters. The molecule has 0 aliphatic heterocycles. The van der Waals surface area contributed by atoms with Gasteiger partial charge in [0.1, 0.15) is 18.8 Å². The molecule has 5 rings (SSSR count). The average molecular weight is 527 g/mol. The normalized spacial score (nSPS) is 12.6. The number of rotatable bonds is 6. The van der Waals surface area contributed by atoms with Crippen molar-refractivity contribution < 1.29 is 29.0 Å². The molecule has 1 aliphatic rings. The zero-order chi connectivity index (χ0) is 27.7. The van der Waals surface area contributed by atoms with Gasteiger partial charge in [0.15, 0.2) is 0 Å². The number of carbonyl (C=O) groups is 3. The number of carboxylic acids is 1. The van der Waals surface area contributed by atoms with Crippen LogP contribution < -0.4 is 0 Å². The summed E-state index contributed by atoms with van der Waals surface area (Å²) in [5.41, 5.74) is 4.79. The van der Waals surface area contributed by atoms with Crippen LogP contribution in [0.4, 0.5) is 9.59 Å². The van der Waals surface area contributed by atoms with Crippen molar-refractivity contribution in [3.63, 3.8) is 0 Å². The van der Waals surface area contributed by atoms with Gasteiger partial charge >= 0.3 is 18.2 Å². The molecule has 0 fully saturated rings. The van der Waals surface area contributed by atoms with Crippen LogP contribution >= 0.6 is 0 Å². The first kappa shape index (κ1) is 26.0. The Morgan fingerprint density at radius 3 is 2.15 bits per heavy atom. The second-order valence-corrected chi connectivity index (χ2v) is 10.6. The molecule has 3 aromatic carbocycles. The topological polar surface area (TPSA) is 98.1 Å². The standard InChI is InChI=1S/C31H30N2O6/c1-31(2,3)39-30(37)33-16-15-20-9-8-10-21(28(20)33)17-32(18-27(34)35)29(36)38-19-26-24-13-6-4-11-22(24)23-12-5-7-14-25(23)26/h4-16,26H,17-19H2,1-3H3,(H,34,35). The first-order chi connectivity index (χ1) is 18.6. The van der Waals surface area contributed by atoms with E-state index in [9.17, 15) is 19.5 Å². The van der Waals surface area contributed by atoms with Crippen molar-refractivity contribution in [3.05, 3.63) is 95.7 Å². The van der Waals surface area contributed by atoms with Gasteiger partial charge in [-0.2, -0.15) is 0 Å². The molecule has 0 bridgehead atoms. The number of para-hydroxylation sites is 1. The van der Waals surface area contributed by atoms with Gasteiger partial charge in [-0.05, 0) is 54.7 Å². The Bertz CT molecular complexity index is 1520. The third kappa shape index (κ3) is 5.36. The number of aromatic nitrogens is 1. The Balaban J connectivity index is 1.39. The van der Waals surface area contributed by atoms with E-state index in [0.29, 0.717) is 11.1 Å². The van der Waals surface area contributed by atoms with Crippen molar-refractivity contribution in [2.75, 3.05) is 13.2 Å². The fourth-order valence-electron chi connectivity index (χ4n) is 5.10. The van der Waals surface area contributed by atoms with Gasteiger partial charge < -0.3 is 14.6 Å². The van der Waals surface area contributed by atoms with Crippen molar-refractivity contribution in [1.29, 1.82) is 0 Å². The third-order valence-electron chi connectivity index (χ3n) is 6.67. The summed E-state index contributed by atoms with van der Waals surface area (Å²) in [7, 11) is 0. The molecule has 8 nitrogen and oxygen atoms in total. The van der Waals surface area contributed by atoms with E-state index in [0.717, 1.165) is 32.5 Å². The largest absolute Gasteiger partial charge is 0.480 e. The fourth-order valence-corrected chi connectivity index (χ4v) is 5.10. The Hall–Kier alpha value is -4.59. The minimum absolute atomic E-state index is 0.0624. The number of carbonyl (C=O) groups excluding carboxylic acids is 2. The number of carboxylic acid groups (broad SMARTS) is 1. The van der Waals surface area contributed by atoms with Crippen LogP contribution in [0.1, 0.15) is 43.4 Å². The van der Waals surface area contributed by atoms with E-state index in [1.54, 1.807) is 45.2 Å². The molecule has 1 aromatic heterocycles. The fraction of sp³-hybridized carbons (Fsp3) is 0.258. The van der Waals surface area contributed by atoms with Gasteiger partial charge in [-0.3, -0.25) is 14.3 Å². The highest BCUT2D eigenvalue weighted by atomic mass is 16.6. The molecule has 0 atom stereocenters. The zero-order valence-corrected chi connectivity index (χ0v) is 22.1. The van der Waals surface area contributed by atoms with E-state index in [-0.39, 0.29) is 19.1 Å². The summed E-state index contributed by atoms with van der Waals surface area (Å²) in [6.07, 6.45) is 0.305. The predicted octanol–water partition coefficient (Wildman–Crippen LogP) is 6.26. The highest BCUT2D eigenvalue weighted by molar-refractivity contribution is 5.92. The van der Waals surface area contributed by atoms with Gasteiger partial charge in [0, 0.05) is 17.5 Å². The Kier molecular flexibility index (Phi) is 6.87. The number of aliphatic carboxylic acids is 1. The zero-order valence-electron chi connectivity index (χ0n) is 22.1. The van der Waals surface area contributed by atoms with Crippen LogP contribution in [0.2, 0.25) is 0 Å². The number of hydrogen-bond donors (Lipinski definition) is 1. The van der Waals surface area contributed by atoms with Gasteiger partial charge in [-0.15, -0.1) is 0 Å². The number of fused-ring (bicyclic) bond motifs is 4. The Morgan fingerprint density at radius 1 is 0.897 bits per heavy atom. The number of nitrogens with zero attached hydrogens (tertiary/aromatic N) is 2. The maximum atomic E-state index is 13.3. The number of ether oxygens (including phenoxy) is 2. The number of hydrogen-bond acceptors (Lipinski definition) is 5. The lowest BCUT2D eigenvalue weighted by Crippen LogP contribution is -2.36. The Labute approximate surface area is 226 Å². The van der Waals surface area contributed by atoms with Crippen LogP contribution in [0.25, 0.3) is 22.0 Å². The van der Waals surface area contributed by atoms with Crippen molar-refractivity contribution in [3.8, 4) is 11.1 Å². The van der Waals surface area contributed by atoms with E-state index in [2.05, 4.69) is 0 Å². The van der Waals surface area contributed by atoms with Crippen molar-refractivity contribution >= 4 is 29.1 Å². The van der Waals surface area contributed by atoms with E-state index in [4.69, 9.17) is 9.47 Å². The maximum absolute atomic E-state index is 13.3. The van der Waals surface area contributed by atoms with Gasteiger partial charge in [-0.1, -0.05) is 66.7 Å². The molecule has 8 heteroatoms. The molecule has 1 N–H and O–H groups in total. The summed E-state index contributed by atoms with van der Waals surface area (Å²) in [4.78, 5) is 39.0. The van der Waals surface area contributed by atoms with Crippen LogP contribution in [0.3, 0.4) is 0 Å². The minimum Gasteiger partial charge on any atom is -0.480 e. The van der Waals surface area contributed by atoms with E-state index in [1.807, 2.05) is 54.6 Å². The summed E-state index contributed by atoms with van der Waals surface area (Å²) < 4.78 is 12.7. The lowest BCUT2D eigenvalue weighted by Gasteiger charge is -2.23. The summed E-state index contributed by atoms with van der Waals surface area (Å²) >= 11 is 0. The molecule has 39 heavy (non-hydrogen) atoms. The van der Waals surface area contributed by atoms with Crippen molar-refractivity contribution in [2.45, 2.75) is 38.8 Å². The molecule has 0 saturated heterocycles. The second-order valence-electron chi connectivity index (χ2n) is 10.6. The molecular weight excluding hydrogens is 496 g/mol. The van der Waals surface area contributed by atoms with Gasteiger partial charge in [0.05, 0.1) is 12.1 Å². The second kappa shape index (κ2) is 10.3. The summed E-state index contributed by atoms with van der Waals surface area (Å²) in [5.74, 6) is -1.32. The summed E-state index contributed by atoms with van der Waals surface area (Å²) in [6, 6.07) is 23.2. The van der Waals surface area contributed by atoms with Crippen LogP contribution in [-0.2, 0) is 20.8 Å². The smallest absolute Gasteiger partial charge is 0.419 e. The highest BCUT2D eigenvalue weighted by Crippen LogP contribution is 2.44. The molecule has 0 saturated carbocycles. The molecule has 4 aromatic rings. The van der Waals surface area contributed by atoms with Gasteiger partial charge in [-0.25, -0.2) is 9.59 Å². The molecule has 1 aliphatic carbocycles. The van der Waals surface area contributed by atoms with Gasteiger partial charge in [0.2, 0.25) is 0 Å². The van der Waals surface area contributed by atoms with Crippen LogP contribution in [-0.4, -0.2) is 51.5 Å². The predicted molar refractivity (Wildman–Crippen MR) is 147 cm³/mol. The third-order valence-corrected chi connectivity index (χ3v) is 6.67. The molecule has 1 amide bonds. The summed E-state index contributed by atoms with van der Waals surface area (Å²) in [6.45, 7) is 4.80. The SMILES string of the molecule is CC(C)(C)OC(=O)n1ccc2cccc(CN(CC(=O)O)C(=O)OCC3c4ccccc4-c4ccccc43)c21. The van der Waals surface area contributed by atoms with Crippen LogP contribution in [0.5, 0.6) is 0 Å².